The number of fused-ring (bicyclic) bond motifs is 18. The third kappa shape index (κ3) is 11.6. The van der Waals surface area contributed by atoms with Crippen LogP contribution in [0.3, 0.4) is 0 Å². The highest BCUT2D eigenvalue weighted by Gasteiger charge is 2.55. The number of anilines is 9. The van der Waals surface area contributed by atoms with Crippen LogP contribution in [0.15, 0.2) is 400 Å². The van der Waals surface area contributed by atoms with Crippen molar-refractivity contribution in [1.82, 2.24) is 0 Å². The molecule has 2 aliphatic carbocycles. The van der Waals surface area contributed by atoms with Gasteiger partial charge in [-0.3, -0.25) is 0 Å². The van der Waals surface area contributed by atoms with Gasteiger partial charge in [-0.1, -0.05) is 396 Å². The van der Waals surface area contributed by atoms with E-state index in [4.69, 9.17) is 4.74 Å². The van der Waals surface area contributed by atoms with Crippen LogP contribution in [0.5, 0.6) is 11.5 Å². The van der Waals surface area contributed by atoms with Crippen molar-refractivity contribution in [2.45, 2.75) is 84.0 Å². The molecule has 0 saturated carbocycles. The van der Waals surface area contributed by atoms with E-state index in [1.54, 1.807) is 0 Å². The van der Waals surface area contributed by atoms with Gasteiger partial charge in [0.15, 0.2) is 0 Å². The summed E-state index contributed by atoms with van der Waals surface area (Å²) in [4.78, 5) is 8.07. The van der Waals surface area contributed by atoms with Crippen LogP contribution in [-0.4, -0.2) is 13.4 Å². The van der Waals surface area contributed by atoms with Crippen LogP contribution in [0.4, 0.5) is 51.2 Å². The minimum absolute atomic E-state index is 0.194. The number of hydrogen-bond donors (Lipinski definition) is 0. The molecule has 6 heteroatoms. The van der Waals surface area contributed by atoms with Crippen molar-refractivity contribution in [3.8, 4) is 112 Å². The molecule has 18 aromatic rings. The first-order valence-electron chi connectivity index (χ1n) is 45.0. The molecular weight excluding hydrogens is 1530 g/mol. The molecule has 0 saturated heterocycles. The molecule has 6 aliphatic rings. The van der Waals surface area contributed by atoms with Crippen molar-refractivity contribution in [3.63, 3.8) is 0 Å². The van der Waals surface area contributed by atoms with Crippen molar-refractivity contribution < 1.29 is 4.74 Å². The van der Waals surface area contributed by atoms with E-state index in [0.29, 0.717) is 0 Å². The Bertz CT molecular complexity index is 7310. The van der Waals surface area contributed by atoms with Crippen molar-refractivity contribution in [3.05, 3.63) is 439 Å². The molecule has 0 radical (unpaired) electrons. The van der Waals surface area contributed by atoms with Gasteiger partial charge in [0.05, 0.1) is 22.5 Å². The van der Waals surface area contributed by atoms with E-state index in [9.17, 15) is 0 Å². The van der Waals surface area contributed by atoms with Crippen LogP contribution in [0.25, 0.3) is 100 Å². The molecule has 24 rings (SSSR count). The van der Waals surface area contributed by atoms with Gasteiger partial charge in [-0.25, -0.2) is 0 Å². The van der Waals surface area contributed by atoms with E-state index < -0.39 is 5.41 Å². The van der Waals surface area contributed by atoms with Gasteiger partial charge in [-0.15, -0.1) is 0 Å². The zero-order chi connectivity index (χ0) is 85.5. The Morgan fingerprint density at radius 1 is 0.213 bits per heavy atom. The van der Waals surface area contributed by atoms with Crippen molar-refractivity contribution in [2.24, 2.45) is 0 Å². The minimum atomic E-state index is -0.658. The van der Waals surface area contributed by atoms with E-state index in [2.05, 4.69) is 477 Å². The molecule has 4 aliphatic heterocycles. The van der Waals surface area contributed by atoms with Crippen LogP contribution in [-0.2, 0) is 21.7 Å². The van der Waals surface area contributed by atoms with Crippen molar-refractivity contribution in [2.75, 3.05) is 14.7 Å². The minimum Gasteiger partial charge on any atom is -0.458 e. The third-order valence-electron chi connectivity index (χ3n) is 28.1. The maximum absolute atomic E-state index is 8.47. The van der Waals surface area contributed by atoms with Gasteiger partial charge in [-0.2, -0.15) is 0 Å². The summed E-state index contributed by atoms with van der Waals surface area (Å²) < 4.78 is 8.47. The third-order valence-corrected chi connectivity index (χ3v) is 28.1. The van der Waals surface area contributed by atoms with Crippen LogP contribution in [0.2, 0.25) is 0 Å². The summed E-state index contributed by atoms with van der Waals surface area (Å²) in [6.07, 6.45) is 0. The molecule has 0 atom stereocenters. The normalized spacial score (nSPS) is 13.8. The van der Waals surface area contributed by atoms with E-state index >= 15 is 0 Å². The Kier molecular flexibility index (Phi) is 17.2. The molecule has 0 fully saturated rings. The van der Waals surface area contributed by atoms with Crippen LogP contribution in [0, 0.1) is 0 Å². The lowest BCUT2D eigenvalue weighted by Crippen LogP contribution is -2.64. The first-order chi connectivity index (χ1) is 61.9. The molecule has 0 amide bonds. The Labute approximate surface area is 746 Å². The fourth-order valence-electron chi connectivity index (χ4n) is 22.3. The first kappa shape index (κ1) is 76.0. The number of ether oxygens (including phenoxy) is 1. The summed E-state index contributed by atoms with van der Waals surface area (Å²) in [5, 5.41) is 0. The second-order valence-electron chi connectivity index (χ2n) is 38.5. The fourth-order valence-corrected chi connectivity index (χ4v) is 22.3. The van der Waals surface area contributed by atoms with Gasteiger partial charge < -0.3 is 19.4 Å². The van der Waals surface area contributed by atoms with Crippen molar-refractivity contribution in [1.29, 1.82) is 0 Å². The van der Waals surface area contributed by atoms with Gasteiger partial charge in [0, 0.05) is 73.6 Å². The predicted molar refractivity (Wildman–Crippen MR) is 537 cm³/mol. The Morgan fingerprint density at radius 2 is 0.528 bits per heavy atom. The number of nitrogens with zero attached hydrogens (tertiary/aromatic N) is 3. The zero-order valence-corrected chi connectivity index (χ0v) is 73.0. The molecule has 0 bridgehead atoms. The lowest BCUT2D eigenvalue weighted by atomic mass is 9.30. The monoisotopic (exact) mass is 1630 g/mol. The molecular formula is C121H93B2N3O. The molecule has 127 heavy (non-hydrogen) atoms. The molecule has 0 unspecified atom stereocenters. The lowest BCUT2D eigenvalue weighted by Gasteiger charge is -2.47. The second kappa shape index (κ2) is 28.7. The standard InChI is InChI=1S/C121H93B2N3O/c1-118(2,3)83-68-93(78-44-20-12-21-45-78)116(94(69-83)79-46-22-13-23-47-79)124-105-65-37-35-63-101(105)123-103-74-102-106(75-110(103)127-111-67-82(66-107(124)114(111)123)86-55-38-58-92-91-54-30-33-61-99(91)121(112(86)92)97-59-31-28-52-89(97)90-53-29-32-60-98(90)121)126(115-87(76-40-16-10-17-41-76)56-39-57-88(115)77-42-18-11-19-43-77)109-73-85(120(7,8)9)72-108-113(109)122(102)100-62-34-36-64-104(100)125(108)117-95(80-48-24-14-25-49-80)70-84(119(4,5)6)71-96(117)81-50-26-15-27-51-81/h10-75H,1-9H3. The Balaban J connectivity index is 0.834. The van der Waals surface area contributed by atoms with E-state index in [1.165, 1.54) is 94.2 Å². The maximum atomic E-state index is 8.47. The van der Waals surface area contributed by atoms with Crippen LogP contribution < -0.4 is 52.2 Å². The highest BCUT2D eigenvalue weighted by atomic mass is 16.5. The Morgan fingerprint density at radius 3 is 0.945 bits per heavy atom. The molecule has 0 N–H and O–H groups in total. The number of rotatable bonds is 10. The summed E-state index contributed by atoms with van der Waals surface area (Å²) in [6, 6.07) is 153. The summed E-state index contributed by atoms with van der Waals surface area (Å²) in [5.41, 5.74) is 45.6. The SMILES string of the molecule is CC(C)(C)c1cc(-c2ccccc2)c(N2c3ccccc3B3c4cc5c(cc4Oc4cc(-c6cccc7c6C6(c8ccccc8-c8ccccc86)c6ccccc6-7)cc2c43)N(c2c(-c3ccccc3)cccc2-c2ccccc2)c2cc(C(C)(C)C)cc3c2B5c2ccccc2N3c2c(-c3ccccc3)cc(C(C)(C)C)cc2-c2ccccc2)c(-c2ccccc2)c1. The molecule has 0 aromatic heterocycles. The second-order valence-corrected chi connectivity index (χ2v) is 38.5. The van der Waals surface area contributed by atoms with Crippen LogP contribution in [0.1, 0.15) is 101 Å². The first-order valence-corrected chi connectivity index (χ1v) is 45.0. The Hall–Kier alpha value is -14.7. The quantitative estimate of drug-likeness (QED) is 0.127. The summed E-state index contributed by atoms with van der Waals surface area (Å²) in [6.45, 7) is 20.7. The average molecular weight is 1630 g/mol. The molecule has 4 heterocycles. The smallest absolute Gasteiger partial charge is 0.256 e. The lowest BCUT2D eigenvalue weighted by molar-refractivity contribution is 0.488. The van der Waals surface area contributed by atoms with Gasteiger partial charge in [0.2, 0.25) is 0 Å². The summed E-state index contributed by atoms with van der Waals surface area (Å²) >= 11 is 0. The van der Waals surface area contributed by atoms with Gasteiger partial charge >= 0.3 is 0 Å². The molecule has 18 aromatic carbocycles. The molecule has 604 valence electrons. The average Bonchev–Trinajstić information content (AvgIpc) is 1.50. The van der Waals surface area contributed by atoms with E-state index in [0.717, 1.165) is 140 Å². The molecule has 4 nitrogen and oxygen atoms in total. The zero-order valence-electron chi connectivity index (χ0n) is 73.0. The van der Waals surface area contributed by atoms with E-state index in [-0.39, 0.29) is 29.7 Å². The fraction of sp³-hybridized carbons (Fsp3) is 0.107. The summed E-state index contributed by atoms with van der Waals surface area (Å²) in [5.74, 6) is 1.64. The highest BCUT2D eigenvalue weighted by Crippen LogP contribution is 2.66. The van der Waals surface area contributed by atoms with Gasteiger partial charge in [-0.05, 0) is 215 Å². The summed E-state index contributed by atoms with van der Waals surface area (Å²) in [7, 11) is 0. The highest BCUT2D eigenvalue weighted by molar-refractivity contribution is 7.02. The topological polar surface area (TPSA) is 19.0 Å². The van der Waals surface area contributed by atoms with Gasteiger partial charge in [0.1, 0.15) is 11.5 Å². The van der Waals surface area contributed by atoms with Crippen molar-refractivity contribution >= 4 is 97.4 Å². The van der Waals surface area contributed by atoms with Crippen LogP contribution >= 0.6 is 0 Å². The number of para-hydroxylation sites is 3. The molecule has 1 spiro atoms. The van der Waals surface area contributed by atoms with E-state index in [1.807, 2.05) is 0 Å². The largest absolute Gasteiger partial charge is 0.458 e. The number of hydrogen-bond acceptors (Lipinski definition) is 4. The predicted octanol–water partition coefficient (Wildman–Crippen LogP) is 28.1. The maximum Gasteiger partial charge on any atom is 0.256 e. The van der Waals surface area contributed by atoms with Gasteiger partial charge in [0.25, 0.3) is 13.4 Å². The number of benzene rings is 18.